The van der Waals surface area contributed by atoms with Gasteiger partial charge >= 0.3 is 0 Å². The second kappa shape index (κ2) is 8.82. The molecule has 2 heterocycles. The lowest BCUT2D eigenvalue weighted by atomic mass is 10.2. The van der Waals surface area contributed by atoms with Gasteiger partial charge in [-0.15, -0.1) is 10.2 Å². The SMILES string of the molecule is [2H]C([2H])([2H])NC(=O)c1nnc(NC(=O)C(C)C)cc1Nc1ncc(OC)cc1S(C)(=O)=O. The van der Waals surface area contributed by atoms with Crippen molar-refractivity contribution in [3.63, 3.8) is 0 Å². The average Bonchev–Trinajstić information content (AvgIpc) is 2.66. The fourth-order valence-electron chi connectivity index (χ4n) is 2.09. The van der Waals surface area contributed by atoms with Crippen LogP contribution in [0.15, 0.2) is 23.2 Å². The standard InChI is InChI=1S/C17H22N6O5S/c1-9(2)16(24)21-13-7-11(14(23-22-13)17(25)18-3)20-15-12(29(5,26)27)6-10(28-4)8-19-15/h6-9H,1-5H3,(H,18,25)(H2,19,20,21,22,24)/i3D3. The maximum atomic E-state index is 12.4. The molecule has 0 radical (unpaired) electrons. The van der Waals surface area contributed by atoms with E-state index in [1.54, 1.807) is 19.2 Å². The minimum Gasteiger partial charge on any atom is -0.495 e. The molecule has 3 N–H and O–H groups in total. The van der Waals surface area contributed by atoms with Gasteiger partial charge in [-0.25, -0.2) is 13.4 Å². The molecule has 0 saturated carbocycles. The molecule has 0 aliphatic heterocycles. The zero-order valence-electron chi connectivity index (χ0n) is 19.1. The minimum absolute atomic E-state index is 0.0500. The maximum absolute atomic E-state index is 12.4. The van der Waals surface area contributed by atoms with Crippen LogP contribution in [0.25, 0.3) is 0 Å². The molecule has 2 amide bonds. The van der Waals surface area contributed by atoms with Crippen LogP contribution in [-0.2, 0) is 14.6 Å². The van der Waals surface area contributed by atoms with Crippen molar-refractivity contribution in [2.45, 2.75) is 18.7 Å². The zero-order chi connectivity index (χ0) is 24.3. The first-order valence-corrected chi connectivity index (χ1v) is 10.1. The highest BCUT2D eigenvalue weighted by molar-refractivity contribution is 7.90. The minimum atomic E-state index is -3.79. The van der Waals surface area contributed by atoms with E-state index < -0.39 is 28.4 Å². The van der Waals surface area contributed by atoms with E-state index >= 15 is 0 Å². The summed E-state index contributed by atoms with van der Waals surface area (Å²) in [7, 11) is -2.45. The summed E-state index contributed by atoms with van der Waals surface area (Å²) >= 11 is 0. The summed E-state index contributed by atoms with van der Waals surface area (Å²) in [4.78, 5) is 28.2. The van der Waals surface area contributed by atoms with Crippen molar-refractivity contribution in [1.29, 1.82) is 0 Å². The Balaban J connectivity index is 2.58. The summed E-state index contributed by atoms with van der Waals surface area (Å²) in [6.45, 7) is 0.496. The predicted octanol–water partition coefficient (Wildman–Crippen LogP) is 0.981. The molecule has 2 aromatic rings. The van der Waals surface area contributed by atoms with E-state index in [0.29, 0.717) is 0 Å². The van der Waals surface area contributed by atoms with E-state index in [0.717, 1.165) is 6.26 Å². The van der Waals surface area contributed by atoms with Gasteiger partial charge in [0.25, 0.3) is 5.91 Å². The lowest BCUT2D eigenvalue weighted by Gasteiger charge is -2.14. The van der Waals surface area contributed by atoms with Crippen LogP contribution in [0, 0.1) is 5.92 Å². The molecule has 0 atom stereocenters. The molecule has 0 aliphatic carbocycles. The second-order valence-electron chi connectivity index (χ2n) is 6.21. The average molecular weight is 425 g/mol. The Hall–Kier alpha value is -3.28. The van der Waals surface area contributed by atoms with E-state index in [4.69, 9.17) is 8.85 Å². The number of amides is 2. The Labute approximate surface area is 172 Å². The van der Waals surface area contributed by atoms with Crippen molar-refractivity contribution >= 4 is 39.0 Å². The van der Waals surface area contributed by atoms with Crippen LogP contribution in [0.3, 0.4) is 0 Å². The molecular weight excluding hydrogens is 400 g/mol. The van der Waals surface area contributed by atoms with E-state index in [1.165, 1.54) is 25.4 Å². The number of carbonyl (C=O) groups excluding carboxylic acids is 2. The van der Waals surface area contributed by atoms with Gasteiger partial charge in [0.15, 0.2) is 21.3 Å². The Morgan fingerprint density at radius 3 is 2.55 bits per heavy atom. The predicted molar refractivity (Wildman–Crippen MR) is 106 cm³/mol. The molecule has 156 valence electrons. The quantitative estimate of drug-likeness (QED) is 0.589. The second-order valence-corrected chi connectivity index (χ2v) is 8.19. The number of methoxy groups -OCH3 is 1. The highest BCUT2D eigenvalue weighted by Crippen LogP contribution is 2.28. The largest absolute Gasteiger partial charge is 0.495 e. The Bertz CT molecular complexity index is 1140. The third-order valence-corrected chi connectivity index (χ3v) is 4.72. The summed E-state index contributed by atoms with van der Waals surface area (Å²) in [6, 6.07) is 2.43. The summed E-state index contributed by atoms with van der Waals surface area (Å²) in [5.74, 6) is -1.92. The number of anilines is 3. The molecular formula is C17H22N6O5S. The molecule has 12 heteroatoms. The van der Waals surface area contributed by atoms with Gasteiger partial charge in [0, 0.05) is 35.4 Å². The number of carbonyl (C=O) groups is 2. The lowest BCUT2D eigenvalue weighted by Crippen LogP contribution is -2.23. The first-order valence-electron chi connectivity index (χ1n) is 9.73. The van der Waals surface area contributed by atoms with Crippen LogP contribution in [0.1, 0.15) is 28.4 Å². The molecule has 2 aromatic heterocycles. The van der Waals surface area contributed by atoms with Gasteiger partial charge in [-0.05, 0) is 0 Å². The monoisotopic (exact) mass is 425 g/mol. The first kappa shape index (κ1) is 17.8. The van der Waals surface area contributed by atoms with Crippen molar-refractivity contribution in [3.8, 4) is 5.75 Å². The molecule has 11 nitrogen and oxygen atoms in total. The van der Waals surface area contributed by atoms with Gasteiger partial charge < -0.3 is 20.7 Å². The molecule has 0 spiro atoms. The van der Waals surface area contributed by atoms with Crippen LogP contribution in [0.5, 0.6) is 5.75 Å². The number of sulfone groups is 1. The summed E-state index contributed by atoms with van der Waals surface area (Å²) in [6.07, 6.45) is 2.20. The molecule has 0 unspecified atom stereocenters. The molecule has 2 rings (SSSR count). The van der Waals surface area contributed by atoms with Gasteiger partial charge in [-0.3, -0.25) is 9.59 Å². The number of pyridine rings is 1. The van der Waals surface area contributed by atoms with E-state index in [-0.39, 0.29) is 39.8 Å². The molecule has 0 saturated heterocycles. The molecule has 0 aliphatic rings. The van der Waals surface area contributed by atoms with Crippen molar-refractivity contribution in [2.24, 2.45) is 5.92 Å². The van der Waals surface area contributed by atoms with Gasteiger partial charge in [-0.2, -0.15) is 0 Å². The normalized spacial score (nSPS) is 13.1. The fraction of sp³-hybridized carbons (Fsp3) is 0.353. The summed E-state index contributed by atoms with van der Waals surface area (Å²) < 4.78 is 51.1. The number of aromatic nitrogens is 3. The van der Waals surface area contributed by atoms with E-state index in [2.05, 4.69) is 25.8 Å². The van der Waals surface area contributed by atoms with Crippen LogP contribution < -0.4 is 20.7 Å². The number of rotatable bonds is 7. The van der Waals surface area contributed by atoms with Crippen molar-refractivity contribution < 1.29 is 26.9 Å². The topological polar surface area (TPSA) is 152 Å². The van der Waals surface area contributed by atoms with E-state index in [1.807, 2.05) is 0 Å². The van der Waals surface area contributed by atoms with Crippen LogP contribution >= 0.6 is 0 Å². The number of nitrogens with zero attached hydrogens (tertiary/aromatic N) is 3. The van der Waals surface area contributed by atoms with Crippen LogP contribution in [0.2, 0.25) is 0 Å². The first-order chi connectivity index (χ1) is 14.7. The Morgan fingerprint density at radius 2 is 1.97 bits per heavy atom. The lowest BCUT2D eigenvalue weighted by molar-refractivity contribution is -0.118. The van der Waals surface area contributed by atoms with Gasteiger partial charge in [0.05, 0.1) is 19.0 Å². The van der Waals surface area contributed by atoms with Gasteiger partial charge in [-0.1, -0.05) is 13.8 Å². The van der Waals surface area contributed by atoms with E-state index in [9.17, 15) is 18.0 Å². The maximum Gasteiger partial charge on any atom is 0.273 e. The number of hydrogen-bond acceptors (Lipinski definition) is 9. The van der Waals surface area contributed by atoms with Crippen molar-refractivity contribution in [3.05, 3.63) is 24.0 Å². The van der Waals surface area contributed by atoms with Gasteiger partial charge in [0.2, 0.25) is 5.91 Å². The van der Waals surface area contributed by atoms with Crippen molar-refractivity contribution in [1.82, 2.24) is 20.5 Å². The number of ether oxygens (including phenoxy) is 1. The molecule has 0 fully saturated rings. The number of nitrogens with one attached hydrogen (secondary N) is 3. The van der Waals surface area contributed by atoms with Crippen LogP contribution in [-0.4, -0.2) is 55.8 Å². The highest BCUT2D eigenvalue weighted by Gasteiger charge is 2.21. The smallest absolute Gasteiger partial charge is 0.273 e. The Kier molecular flexibility index (Phi) is 5.41. The van der Waals surface area contributed by atoms with Crippen molar-refractivity contribution in [2.75, 3.05) is 31.0 Å². The molecule has 29 heavy (non-hydrogen) atoms. The number of hydrogen-bond donors (Lipinski definition) is 3. The summed E-state index contributed by atoms with van der Waals surface area (Å²) in [5.41, 5.74) is -0.593. The third-order valence-electron chi connectivity index (χ3n) is 3.61. The fourth-order valence-corrected chi connectivity index (χ4v) is 2.87. The van der Waals surface area contributed by atoms with Gasteiger partial charge in [0.1, 0.15) is 16.5 Å². The third kappa shape index (κ3) is 5.38. The molecule has 0 bridgehead atoms. The Morgan fingerprint density at radius 1 is 1.24 bits per heavy atom. The highest BCUT2D eigenvalue weighted by atomic mass is 32.2. The molecule has 0 aromatic carbocycles. The zero-order valence-corrected chi connectivity index (χ0v) is 16.9. The summed E-state index contributed by atoms with van der Waals surface area (Å²) in [5, 5.41) is 14.4. The van der Waals surface area contributed by atoms with Crippen LogP contribution in [0.4, 0.5) is 17.3 Å².